The third kappa shape index (κ3) is 3.56. The molecule has 0 radical (unpaired) electrons. The lowest BCUT2D eigenvalue weighted by molar-refractivity contribution is 0.0170. The summed E-state index contributed by atoms with van der Waals surface area (Å²) in [5.74, 6) is 0. The Kier molecular flexibility index (Phi) is 5.37. The van der Waals surface area contributed by atoms with Gasteiger partial charge in [0.1, 0.15) is 0 Å². The number of nitrogens with zero attached hydrogens (tertiary/aromatic N) is 2. The van der Waals surface area contributed by atoms with Gasteiger partial charge in [-0.25, -0.2) is 0 Å². The molecule has 106 valence electrons. The molecule has 1 aliphatic rings. The van der Waals surface area contributed by atoms with E-state index in [4.69, 9.17) is 0 Å². The topological polar surface area (TPSA) is 26.7 Å². The van der Waals surface area contributed by atoms with Crippen LogP contribution < -0.4 is 0 Å². The van der Waals surface area contributed by atoms with Crippen LogP contribution in [0.2, 0.25) is 0 Å². The van der Waals surface area contributed by atoms with E-state index in [-0.39, 0.29) is 12.1 Å². The molecule has 2 unspecified atom stereocenters. The van der Waals surface area contributed by atoms with E-state index < -0.39 is 0 Å². The predicted octanol–water partition coefficient (Wildman–Crippen LogP) is 2.14. The van der Waals surface area contributed by atoms with Crippen LogP contribution in [0.25, 0.3) is 0 Å². The van der Waals surface area contributed by atoms with Gasteiger partial charge in [0.25, 0.3) is 0 Å². The lowest BCUT2D eigenvalue weighted by Gasteiger charge is -2.40. The first-order valence-electron chi connectivity index (χ1n) is 7.45. The first-order chi connectivity index (χ1) is 9.26. The third-order valence-corrected chi connectivity index (χ3v) is 4.25. The zero-order valence-electron chi connectivity index (χ0n) is 12.1. The number of aliphatic hydroxyl groups is 1. The smallest absolute Gasteiger partial charge is 0.0945 e. The molecule has 2 rings (SSSR count). The van der Waals surface area contributed by atoms with Crippen molar-refractivity contribution in [1.82, 2.24) is 9.80 Å². The van der Waals surface area contributed by atoms with Gasteiger partial charge in [0.05, 0.1) is 6.10 Å². The molecule has 0 aromatic heterocycles. The maximum atomic E-state index is 10.6. The van der Waals surface area contributed by atoms with Gasteiger partial charge in [0, 0.05) is 32.2 Å². The van der Waals surface area contributed by atoms with Gasteiger partial charge in [-0.05, 0) is 18.5 Å². The summed E-state index contributed by atoms with van der Waals surface area (Å²) in [5.41, 5.74) is 1.03. The number of hydrogen-bond acceptors (Lipinski definition) is 3. The lowest BCUT2D eigenvalue weighted by atomic mass is 9.98. The summed E-state index contributed by atoms with van der Waals surface area (Å²) < 4.78 is 0. The minimum atomic E-state index is -0.376. The van der Waals surface area contributed by atoms with Crippen molar-refractivity contribution in [3.05, 3.63) is 35.9 Å². The lowest BCUT2D eigenvalue weighted by Crippen LogP contribution is -2.51. The van der Waals surface area contributed by atoms with Crippen molar-refractivity contribution in [3.8, 4) is 0 Å². The van der Waals surface area contributed by atoms with Crippen LogP contribution in [0.3, 0.4) is 0 Å². The fourth-order valence-electron chi connectivity index (χ4n) is 2.96. The highest BCUT2D eigenvalue weighted by molar-refractivity contribution is 5.19. The molecule has 19 heavy (non-hydrogen) atoms. The summed E-state index contributed by atoms with van der Waals surface area (Å²) in [5, 5.41) is 10.6. The van der Waals surface area contributed by atoms with E-state index >= 15 is 0 Å². The number of benzene rings is 1. The highest BCUT2D eigenvalue weighted by Gasteiger charge is 2.28. The zero-order valence-corrected chi connectivity index (χ0v) is 12.1. The Morgan fingerprint density at radius 2 is 1.68 bits per heavy atom. The van der Waals surface area contributed by atoms with Crippen molar-refractivity contribution in [1.29, 1.82) is 0 Å². The van der Waals surface area contributed by atoms with E-state index in [9.17, 15) is 5.11 Å². The predicted molar refractivity (Wildman–Crippen MR) is 79.2 cm³/mol. The average molecular weight is 262 g/mol. The van der Waals surface area contributed by atoms with Gasteiger partial charge >= 0.3 is 0 Å². The molecule has 0 amide bonds. The summed E-state index contributed by atoms with van der Waals surface area (Å²) >= 11 is 0. The highest BCUT2D eigenvalue weighted by atomic mass is 16.3. The van der Waals surface area contributed by atoms with Crippen LogP contribution in [-0.2, 0) is 0 Å². The van der Waals surface area contributed by atoms with E-state index in [1.54, 1.807) is 0 Å². The second-order valence-corrected chi connectivity index (χ2v) is 5.30. The number of piperazine rings is 1. The molecule has 3 heteroatoms. The average Bonchev–Trinajstić information content (AvgIpc) is 2.49. The van der Waals surface area contributed by atoms with Crippen LogP contribution in [0.1, 0.15) is 31.9 Å². The second kappa shape index (κ2) is 7.04. The summed E-state index contributed by atoms with van der Waals surface area (Å²) in [6.07, 6.45) is 0.613. The molecule has 0 saturated carbocycles. The van der Waals surface area contributed by atoms with Crippen LogP contribution in [0, 0.1) is 0 Å². The Labute approximate surface area is 116 Å². The first kappa shape index (κ1) is 14.5. The number of likely N-dealkylation sites (N-methyl/N-ethyl adjacent to an activating group) is 1. The molecule has 0 bridgehead atoms. The first-order valence-corrected chi connectivity index (χ1v) is 7.45. The van der Waals surface area contributed by atoms with Gasteiger partial charge in [-0.1, -0.05) is 44.2 Å². The summed E-state index contributed by atoms with van der Waals surface area (Å²) in [4.78, 5) is 4.92. The van der Waals surface area contributed by atoms with Gasteiger partial charge in [-0.2, -0.15) is 0 Å². The number of aliphatic hydroxyl groups excluding tert-OH is 1. The van der Waals surface area contributed by atoms with Crippen LogP contribution in [0.4, 0.5) is 0 Å². The van der Waals surface area contributed by atoms with Crippen molar-refractivity contribution in [3.63, 3.8) is 0 Å². The normalized spacial score (nSPS) is 21.2. The standard InChI is InChI=1S/C16H26N2O/c1-3-15(16(19)14-8-6-5-7-9-14)18-12-10-17(4-2)11-13-18/h5-9,15-16,19H,3-4,10-13H2,1-2H3. The fraction of sp³-hybridized carbons (Fsp3) is 0.625. The van der Waals surface area contributed by atoms with Gasteiger partial charge < -0.3 is 10.0 Å². The maximum Gasteiger partial charge on any atom is 0.0945 e. The summed E-state index contributed by atoms with van der Waals surface area (Å²) in [7, 11) is 0. The van der Waals surface area contributed by atoms with Crippen molar-refractivity contribution in [2.75, 3.05) is 32.7 Å². The van der Waals surface area contributed by atoms with Crippen LogP contribution in [0.5, 0.6) is 0 Å². The molecule has 1 aliphatic heterocycles. The Morgan fingerprint density at radius 3 is 2.21 bits per heavy atom. The van der Waals surface area contributed by atoms with Crippen molar-refractivity contribution in [2.45, 2.75) is 32.4 Å². The van der Waals surface area contributed by atoms with Gasteiger partial charge in [0.15, 0.2) is 0 Å². The largest absolute Gasteiger partial charge is 0.387 e. The third-order valence-electron chi connectivity index (χ3n) is 4.25. The Morgan fingerprint density at radius 1 is 1.05 bits per heavy atom. The van der Waals surface area contributed by atoms with Gasteiger partial charge in [-0.15, -0.1) is 0 Å². The molecule has 3 nitrogen and oxygen atoms in total. The Balaban J connectivity index is 2.00. The van der Waals surface area contributed by atoms with Crippen molar-refractivity contribution < 1.29 is 5.11 Å². The molecule has 0 spiro atoms. The van der Waals surface area contributed by atoms with Crippen molar-refractivity contribution >= 4 is 0 Å². The molecule has 2 atom stereocenters. The molecule has 0 aliphatic carbocycles. The zero-order chi connectivity index (χ0) is 13.7. The minimum absolute atomic E-state index is 0.237. The minimum Gasteiger partial charge on any atom is -0.387 e. The molecular formula is C16H26N2O. The van der Waals surface area contributed by atoms with E-state index in [1.165, 1.54) is 0 Å². The molecule has 1 aromatic carbocycles. The Bertz CT molecular complexity index is 360. The Hall–Kier alpha value is -0.900. The van der Waals surface area contributed by atoms with E-state index in [1.807, 2.05) is 30.3 Å². The van der Waals surface area contributed by atoms with E-state index in [2.05, 4.69) is 23.6 Å². The maximum absolute atomic E-state index is 10.6. The van der Waals surface area contributed by atoms with Crippen LogP contribution >= 0.6 is 0 Å². The molecule has 1 heterocycles. The summed E-state index contributed by atoms with van der Waals surface area (Å²) in [6.45, 7) is 9.89. The quantitative estimate of drug-likeness (QED) is 0.880. The highest BCUT2D eigenvalue weighted by Crippen LogP contribution is 2.24. The summed E-state index contributed by atoms with van der Waals surface area (Å²) in [6, 6.07) is 10.3. The van der Waals surface area contributed by atoms with Crippen molar-refractivity contribution in [2.24, 2.45) is 0 Å². The van der Waals surface area contributed by atoms with Crippen LogP contribution in [0.15, 0.2) is 30.3 Å². The second-order valence-electron chi connectivity index (χ2n) is 5.30. The van der Waals surface area contributed by atoms with Gasteiger partial charge in [0.2, 0.25) is 0 Å². The molecule has 1 fully saturated rings. The monoisotopic (exact) mass is 262 g/mol. The van der Waals surface area contributed by atoms with E-state index in [0.717, 1.165) is 44.7 Å². The number of hydrogen-bond donors (Lipinski definition) is 1. The molecular weight excluding hydrogens is 236 g/mol. The van der Waals surface area contributed by atoms with Gasteiger partial charge in [-0.3, -0.25) is 4.90 Å². The fourth-order valence-corrected chi connectivity index (χ4v) is 2.96. The molecule has 1 N–H and O–H groups in total. The number of rotatable bonds is 5. The molecule has 1 aromatic rings. The van der Waals surface area contributed by atoms with E-state index in [0.29, 0.717) is 0 Å². The van der Waals surface area contributed by atoms with Crippen LogP contribution in [-0.4, -0.2) is 53.7 Å². The SMILES string of the molecule is CCC(C(O)c1ccccc1)N1CCN(CC)CC1. The molecule has 1 saturated heterocycles.